The maximum absolute atomic E-state index is 11.6. The van der Waals surface area contributed by atoms with Gasteiger partial charge < -0.3 is 0 Å². The molecular formula is C10H15N7O2. The number of carbonyl (C=O) groups excluding carboxylic acids is 2. The van der Waals surface area contributed by atoms with E-state index in [1.807, 2.05) is 11.0 Å². The molecule has 0 saturated heterocycles. The molecule has 9 heteroatoms. The van der Waals surface area contributed by atoms with Crippen LogP contribution < -0.4 is 10.9 Å². The minimum atomic E-state index is -0.306. The average molecular weight is 265 g/mol. The lowest BCUT2D eigenvalue weighted by molar-refractivity contribution is -0.128. The van der Waals surface area contributed by atoms with Gasteiger partial charge in [0.2, 0.25) is 11.7 Å². The summed E-state index contributed by atoms with van der Waals surface area (Å²) in [6.07, 6.45) is 2.85. The van der Waals surface area contributed by atoms with Gasteiger partial charge >= 0.3 is 0 Å². The predicted molar refractivity (Wildman–Crippen MR) is 65.2 cm³/mol. The third kappa shape index (κ3) is 3.85. The van der Waals surface area contributed by atoms with Gasteiger partial charge in [0.25, 0.3) is 5.91 Å². The summed E-state index contributed by atoms with van der Waals surface area (Å²) in [6, 6.07) is 0. The largest absolute Gasteiger partial charge is 0.290 e. The van der Waals surface area contributed by atoms with Gasteiger partial charge in [-0.1, -0.05) is 6.08 Å². The van der Waals surface area contributed by atoms with Crippen LogP contribution in [0.15, 0.2) is 6.08 Å². The molecule has 2 heterocycles. The molecule has 3 N–H and O–H groups in total. The van der Waals surface area contributed by atoms with Crippen molar-refractivity contribution in [2.75, 3.05) is 19.6 Å². The number of hydrazine groups is 1. The summed E-state index contributed by atoms with van der Waals surface area (Å²) in [5, 5.41) is 13.7. The molecule has 0 saturated carbocycles. The van der Waals surface area contributed by atoms with Crippen molar-refractivity contribution in [2.45, 2.75) is 13.3 Å². The van der Waals surface area contributed by atoms with Crippen LogP contribution in [0.2, 0.25) is 0 Å². The zero-order chi connectivity index (χ0) is 13.7. The van der Waals surface area contributed by atoms with Crippen LogP contribution >= 0.6 is 0 Å². The number of tetrazole rings is 1. The van der Waals surface area contributed by atoms with Crippen molar-refractivity contribution in [2.24, 2.45) is 0 Å². The van der Waals surface area contributed by atoms with Gasteiger partial charge in [0.05, 0.1) is 6.54 Å². The fraction of sp³-hybridized carbons (Fsp3) is 0.500. The van der Waals surface area contributed by atoms with Crippen molar-refractivity contribution in [3.8, 4) is 0 Å². The van der Waals surface area contributed by atoms with Gasteiger partial charge in [-0.2, -0.15) is 5.21 Å². The van der Waals surface area contributed by atoms with E-state index in [4.69, 9.17) is 0 Å². The van der Waals surface area contributed by atoms with Crippen molar-refractivity contribution in [3.63, 3.8) is 0 Å². The first-order valence-corrected chi connectivity index (χ1v) is 5.86. The number of hydrogen-bond donors (Lipinski definition) is 3. The van der Waals surface area contributed by atoms with Crippen LogP contribution in [0.4, 0.5) is 0 Å². The number of amides is 2. The lowest BCUT2D eigenvalue weighted by Crippen LogP contribution is -2.46. The number of hydrogen-bond acceptors (Lipinski definition) is 6. The van der Waals surface area contributed by atoms with E-state index in [1.165, 1.54) is 6.92 Å². The van der Waals surface area contributed by atoms with Gasteiger partial charge in [-0.3, -0.25) is 25.3 Å². The molecule has 0 unspecified atom stereocenters. The molecule has 2 rings (SSSR count). The van der Waals surface area contributed by atoms with E-state index >= 15 is 0 Å². The predicted octanol–water partition coefficient (Wildman–Crippen LogP) is -1.54. The third-order valence-corrected chi connectivity index (χ3v) is 2.61. The summed E-state index contributed by atoms with van der Waals surface area (Å²) in [6.45, 7) is 2.88. The van der Waals surface area contributed by atoms with E-state index in [9.17, 15) is 9.59 Å². The number of rotatable bonds is 3. The smallest absolute Gasteiger partial charge is 0.252 e. The normalized spacial score (nSPS) is 15.7. The van der Waals surface area contributed by atoms with Crippen LogP contribution in [0.1, 0.15) is 19.2 Å². The Labute approximate surface area is 109 Å². The van der Waals surface area contributed by atoms with Crippen LogP contribution in [-0.2, 0) is 9.59 Å². The fourth-order valence-electron chi connectivity index (χ4n) is 1.80. The van der Waals surface area contributed by atoms with Gasteiger partial charge in [-0.25, -0.2) is 0 Å². The minimum Gasteiger partial charge on any atom is -0.290 e. The summed E-state index contributed by atoms with van der Waals surface area (Å²) in [4.78, 5) is 24.2. The first-order valence-electron chi connectivity index (χ1n) is 5.86. The molecule has 0 spiro atoms. The highest BCUT2D eigenvalue weighted by atomic mass is 16.2. The molecule has 1 aliphatic rings. The lowest BCUT2D eigenvalue weighted by atomic mass is 10.1. The van der Waals surface area contributed by atoms with Gasteiger partial charge in [-0.15, -0.1) is 10.2 Å². The highest BCUT2D eigenvalue weighted by Crippen LogP contribution is 2.16. The van der Waals surface area contributed by atoms with Crippen molar-refractivity contribution in [1.82, 2.24) is 36.4 Å². The number of H-pyrrole nitrogens is 1. The van der Waals surface area contributed by atoms with Crippen LogP contribution in [-0.4, -0.2) is 57.0 Å². The van der Waals surface area contributed by atoms with Crippen LogP contribution in [0.3, 0.4) is 0 Å². The third-order valence-electron chi connectivity index (χ3n) is 2.61. The highest BCUT2D eigenvalue weighted by molar-refractivity contribution is 5.82. The second kappa shape index (κ2) is 6.05. The van der Waals surface area contributed by atoms with Crippen LogP contribution in [0.5, 0.6) is 0 Å². The van der Waals surface area contributed by atoms with Gasteiger partial charge in [-0.05, 0) is 11.6 Å². The summed E-state index contributed by atoms with van der Waals surface area (Å²) in [7, 11) is 0. The maximum Gasteiger partial charge on any atom is 0.252 e. The Morgan fingerprint density at radius 1 is 1.47 bits per heavy atom. The molecule has 1 aromatic rings. The lowest BCUT2D eigenvalue weighted by Gasteiger charge is -2.25. The van der Waals surface area contributed by atoms with E-state index in [0.29, 0.717) is 12.4 Å². The average Bonchev–Trinajstić information content (AvgIpc) is 2.90. The van der Waals surface area contributed by atoms with E-state index in [1.54, 1.807) is 0 Å². The fourth-order valence-corrected chi connectivity index (χ4v) is 1.80. The number of aromatic amines is 1. The number of carbonyl (C=O) groups is 2. The standard InChI is InChI=1S/C10H15N7O2/c1-7(18)11-12-9(19)6-17-4-2-3-8(5-17)10-13-15-16-14-10/h3H,2,4-6H2,1H3,(H,11,18)(H,12,19)(H,13,14,15,16). The minimum absolute atomic E-state index is 0.204. The first kappa shape index (κ1) is 13.1. The second-order valence-corrected chi connectivity index (χ2v) is 4.19. The monoisotopic (exact) mass is 265 g/mol. The molecule has 0 atom stereocenters. The zero-order valence-corrected chi connectivity index (χ0v) is 10.5. The van der Waals surface area contributed by atoms with Crippen molar-refractivity contribution >= 4 is 17.4 Å². The highest BCUT2D eigenvalue weighted by Gasteiger charge is 2.18. The Morgan fingerprint density at radius 3 is 3.00 bits per heavy atom. The summed E-state index contributed by atoms with van der Waals surface area (Å²) in [5.41, 5.74) is 5.52. The molecule has 0 radical (unpaired) electrons. The van der Waals surface area contributed by atoms with Crippen molar-refractivity contribution in [3.05, 3.63) is 11.9 Å². The van der Waals surface area contributed by atoms with Crippen LogP contribution in [0.25, 0.3) is 5.57 Å². The number of nitrogens with zero attached hydrogens (tertiary/aromatic N) is 4. The molecule has 102 valence electrons. The second-order valence-electron chi connectivity index (χ2n) is 4.19. The van der Waals surface area contributed by atoms with Gasteiger partial charge in [0, 0.05) is 25.6 Å². The number of aromatic nitrogens is 4. The molecule has 0 fully saturated rings. The molecule has 0 aliphatic carbocycles. The Kier molecular flexibility index (Phi) is 4.18. The summed E-state index contributed by atoms with van der Waals surface area (Å²) < 4.78 is 0. The molecule has 1 aliphatic heterocycles. The molecule has 9 nitrogen and oxygen atoms in total. The van der Waals surface area contributed by atoms with Crippen molar-refractivity contribution in [1.29, 1.82) is 0 Å². The van der Waals surface area contributed by atoms with Gasteiger partial charge in [0.1, 0.15) is 0 Å². The quantitative estimate of drug-likeness (QED) is 0.570. The first-order chi connectivity index (χ1) is 9.15. The van der Waals surface area contributed by atoms with E-state index < -0.39 is 0 Å². The Hall–Kier alpha value is -2.29. The molecule has 2 amide bonds. The zero-order valence-electron chi connectivity index (χ0n) is 10.5. The molecule has 1 aromatic heterocycles. The molecule has 19 heavy (non-hydrogen) atoms. The van der Waals surface area contributed by atoms with Gasteiger partial charge in [0.15, 0.2) is 0 Å². The Bertz CT molecular complexity index is 482. The molecular weight excluding hydrogens is 250 g/mol. The molecule has 0 aromatic carbocycles. The topological polar surface area (TPSA) is 116 Å². The van der Waals surface area contributed by atoms with E-state index in [2.05, 4.69) is 31.5 Å². The summed E-state index contributed by atoms with van der Waals surface area (Å²) >= 11 is 0. The maximum atomic E-state index is 11.6. The van der Waals surface area contributed by atoms with E-state index in [-0.39, 0.29) is 18.4 Å². The van der Waals surface area contributed by atoms with Crippen LogP contribution in [0, 0.1) is 0 Å². The van der Waals surface area contributed by atoms with E-state index in [0.717, 1.165) is 18.5 Å². The SMILES string of the molecule is CC(=O)NNC(=O)CN1CCC=C(c2nn[nH]n2)C1. The Balaban J connectivity index is 1.85. The summed E-state index contributed by atoms with van der Waals surface area (Å²) in [5.74, 6) is -0.0177. The Morgan fingerprint density at radius 2 is 2.32 bits per heavy atom. The number of nitrogens with one attached hydrogen (secondary N) is 3. The van der Waals surface area contributed by atoms with Crippen molar-refractivity contribution < 1.29 is 9.59 Å². The molecule has 0 bridgehead atoms.